The molecule has 2 heteroatoms. The summed E-state index contributed by atoms with van der Waals surface area (Å²) < 4.78 is 0. The van der Waals surface area contributed by atoms with Crippen LogP contribution in [-0.2, 0) is 6.42 Å². The van der Waals surface area contributed by atoms with Crippen molar-refractivity contribution in [3.05, 3.63) is 29.3 Å². The maximum atomic E-state index is 6.02. The third-order valence-corrected chi connectivity index (χ3v) is 3.92. The molecule has 2 N–H and O–H groups in total. The Bertz CT molecular complexity index is 396. The summed E-state index contributed by atoms with van der Waals surface area (Å²) in [6, 6.07) is 7.09. The van der Waals surface area contributed by atoms with Gasteiger partial charge in [0.1, 0.15) is 0 Å². The van der Waals surface area contributed by atoms with Crippen molar-refractivity contribution in [2.75, 3.05) is 18.5 Å². The molecule has 0 aromatic heterocycles. The maximum Gasteiger partial charge on any atom is 0.0393 e. The van der Waals surface area contributed by atoms with Crippen LogP contribution in [0.4, 0.5) is 5.69 Å². The lowest BCUT2D eigenvalue weighted by molar-refractivity contribution is 0.646. The Kier molecular flexibility index (Phi) is 4.28. The average Bonchev–Trinajstić information content (AvgIpc) is 3.12. The van der Waals surface area contributed by atoms with Crippen molar-refractivity contribution in [2.24, 2.45) is 11.7 Å². The first kappa shape index (κ1) is 13.4. The summed E-state index contributed by atoms with van der Waals surface area (Å²) in [7, 11) is 2.21. The summed E-state index contributed by atoms with van der Waals surface area (Å²) in [4.78, 5) is 2.40. The van der Waals surface area contributed by atoms with Crippen LogP contribution in [0.1, 0.15) is 37.3 Å². The van der Waals surface area contributed by atoms with Crippen molar-refractivity contribution < 1.29 is 0 Å². The van der Waals surface area contributed by atoms with Gasteiger partial charge in [0.2, 0.25) is 0 Å². The third kappa shape index (κ3) is 3.49. The van der Waals surface area contributed by atoms with Gasteiger partial charge in [-0.1, -0.05) is 19.1 Å². The Morgan fingerprint density at radius 2 is 2.11 bits per heavy atom. The van der Waals surface area contributed by atoms with Gasteiger partial charge in [-0.05, 0) is 55.7 Å². The van der Waals surface area contributed by atoms with Crippen LogP contribution in [-0.4, -0.2) is 19.6 Å². The van der Waals surface area contributed by atoms with E-state index in [4.69, 9.17) is 5.73 Å². The van der Waals surface area contributed by atoms with Crippen molar-refractivity contribution in [1.29, 1.82) is 0 Å². The second kappa shape index (κ2) is 5.75. The second-order valence-corrected chi connectivity index (χ2v) is 5.82. The van der Waals surface area contributed by atoms with E-state index in [1.165, 1.54) is 36.2 Å². The van der Waals surface area contributed by atoms with Crippen LogP contribution in [0.2, 0.25) is 0 Å². The summed E-state index contributed by atoms with van der Waals surface area (Å²) in [5.74, 6) is 0.933. The highest BCUT2D eigenvalue weighted by molar-refractivity contribution is 5.54. The van der Waals surface area contributed by atoms with Gasteiger partial charge in [0.05, 0.1) is 0 Å². The number of hydrogen-bond acceptors (Lipinski definition) is 2. The molecule has 0 aliphatic heterocycles. The first-order chi connectivity index (χ1) is 8.60. The van der Waals surface area contributed by atoms with Crippen LogP contribution >= 0.6 is 0 Å². The first-order valence-electron chi connectivity index (χ1n) is 7.16. The summed E-state index contributed by atoms with van der Waals surface area (Å²) >= 11 is 0. The van der Waals surface area contributed by atoms with Crippen molar-refractivity contribution >= 4 is 5.69 Å². The maximum absolute atomic E-state index is 6.02. The quantitative estimate of drug-likeness (QED) is 0.835. The molecule has 1 aromatic rings. The fourth-order valence-electron chi connectivity index (χ4n) is 2.51. The highest BCUT2D eigenvalue weighted by atomic mass is 15.1. The van der Waals surface area contributed by atoms with E-state index in [1.54, 1.807) is 0 Å². The van der Waals surface area contributed by atoms with Crippen LogP contribution in [0.3, 0.4) is 0 Å². The van der Waals surface area contributed by atoms with E-state index in [-0.39, 0.29) is 0 Å². The van der Waals surface area contributed by atoms with Crippen LogP contribution in [0, 0.1) is 12.8 Å². The van der Waals surface area contributed by atoms with Gasteiger partial charge in [0.25, 0.3) is 0 Å². The molecule has 1 aliphatic carbocycles. The Balaban J connectivity index is 2.03. The molecule has 1 saturated carbocycles. The van der Waals surface area contributed by atoms with E-state index in [0.717, 1.165) is 18.8 Å². The van der Waals surface area contributed by atoms with Gasteiger partial charge in [-0.2, -0.15) is 0 Å². The molecular formula is C16H26N2. The summed E-state index contributed by atoms with van der Waals surface area (Å²) in [6.45, 7) is 5.56. The van der Waals surface area contributed by atoms with Gasteiger partial charge in [-0.3, -0.25) is 0 Å². The third-order valence-electron chi connectivity index (χ3n) is 3.92. The lowest BCUT2D eigenvalue weighted by Crippen LogP contribution is -2.22. The molecule has 0 saturated heterocycles. The minimum atomic E-state index is 0.291. The highest BCUT2D eigenvalue weighted by Crippen LogP contribution is 2.31. The summed E-state index contributed by atoms with van der Waals surface area (Å²) in [5, 5.41) is 0. The van der Waals surface area contributed by atoms with Gasteiger partial charge < -0.3 is 10.6 Å². The van der Waals surface area contributed by atoms with Crippen molar-refractivity contribution in [3.63, 3.8) is 0 Å². The zero-order valence-corrected chi connectivity index (χ0v) is 11.9. The van der Waals surface area contributed by atoms with Crippen LogP contribution in [0.25, 0.3) is 0 Å². The number of benzene rings is 1. The van der Waals surface area contributed by atoms with Crippen LogP contribution in [0.15, 0.2) is 18.2 Å². The van der Waals surface area contributed by atoms with E-state index in [1.807, 2.05) is 0 Å². The molecule has 0 heterocycles. The minimum Gasteiger partial charge on any atom is -0.374 e. The Labute approximate surface area is 111 Å². The lowest BCUT2D eigenvalue weighted by Gasteiger charge is -2.22. The zero-order chi connectivity index (χ0) is 13.1. The normalized spacial score (nSPS) is 16.7. The number of hydrogen-bond donors (Lipinski definition) is 1. The van der Waals surface area contributed by atoms with E-state index in [2.05, 4.69) is 44.0 Å². The molecule has 2 nitrogen and oxygen atoms in total. The molecule has 18 heavy (non-hydrogen) atoms. The Morgan fingerprint density at radius 3 is 2.67 bits per heavy atom. The molecule has 100 valence electrons. The van der Waals surface area contributed by atoms with Crippen LogP contribution < -0.4 is 10.6 Å². The Hall–Kier alpha value is -1.02. The van der Waals surface area contributed by atoms with E-state index >= 15 is 0 Å². The van der Waals surface area contributed by atoms with Gasteiger partial charge in [0.15, 0.2) is 0 Å². The standard InChI is InChI=1S/C16H26N2/c1-4-15(17)10-14-7-8-16(12(2)9-14)18(3)11-13-5-6-13/h7-9,13,15H,4-6,10-11,17H2,1-3H3. The van der Waals surface area contributed by atoms with Gasteiger partial charge in [-0.25, -0.2) is 0 Å². The molecule has 1 aromatic carbocycles. The van der Waals surface area contributed by atoms with Gasteiger partial charge in [-0.15, -0.1) is 0 Å². The van der Waals surface area contributed by atoms with Crippen LogP contribution in [0.5, 0.6) is 0 Å². The molecular weight excluding hydrogens is 220 g/mol. The molecule has 1 fully saturated rings. The van der Waals surface area contributed by atoms with E-state index in [9.17, 15) is 0 Å². The second-order valence-electron chi connectivity index (χ2n) is 5.82. The van der Waals surface area contributed by atoms with Crippen molar-refractivity contribution in [1.82, 2.24) is 0 Å². The molecule has 1 aliphatic rings. The fourth-order valence-corrected chi connectivity index (χ4v) is 2.51. The molecule has 0 amide bonds. The number of nitrogens with two attached hydrogens (primary N) is 1. The molecule has 0 spiro atoms. The SMILES string of the molecule is CCC(N)Cc1ccc(N(C)CC2CC2)c(C)c1. The largest absolute Gasteiger partial charge is 0.374 e. The Morgan fingerprint density at radius 1 is 1.39 bits per heavy atom. The highest BCUT2D eigenvalue weighted by Gasteiger charge is 2.23. The molecule has 0 bridgehead atoms. The van der Waals surface area contributed by atoms with Crippen molar-refractivity contribution in [3.8, 4) is 0 Å². The van der Waals surface area contributed by atoms with E-state index < -0.39 is 0 Å². The summed E-state index contributed by atoms with van der Waals surface area (Å²) in [6.07, 6.45) is 4.85. The molecule has 1 atom stereocenters. The predicted molar refractivity (Wildman–Crippen MR) is 79.1 cm³/mol. The first-order valence-corrected chi connectivity index (χ1v) is 7.16. The number of aryl methyl sites for hydroxylation is 1. The molecule has 1 unspecified atom stereocenters. The van der Waals surface area contributed by atoms with Crippen molar-refractivity contribution in [2.45, 2.75) is 45.6 Å². The average molecular weight is 246 g/mol. The molecule has 0 radical (unpaired) electrons. The van der Waals surface area contributed by atoms with E-state index in [0.29, 0.717) is 6.04 Å². The summed E-state index contributed by atoms with van der Waals surface area (Å²) in [5.41, 5.74) is 10.1. The topological polar surface area (TPSA) is 29.3 Å². The number of nitrogens with zero attached hydrogens (tertiary/aromatic N) is 1. The monoisotopic (exact) mass is 246 g/mol. The van der Waals surface area contributed by atoms with Gasteiger partial charge >= 0.3 is 0 Å². The minimum absolute atomic E-state index is 0.291. The predicted octanol–water partition coefficient (Wildman–Crippen LogP) is 3.12. The van der Waals surface area contributed by atoms with Gasteiger partial charge in [0, 0.05) is 25.3 Å². The number of anilines is 1. The number of rotatable bonds is 6. The molecule has 2 rings (SSSR count). The fraction of sp³-hybridized carbons (Fsp3) is 0.625. The lowest BCUT2D eigenvalue weighted by atomic mass is 10.0. The zero-order valence-electron chi connectivity index (χ0n) is 11.9. The smallest absolute Gasteiger partial charge is 0.0393 e.